The summed E-state index contributed by atoms with van der Waals surface area (Å²) >= 11 is 0. The van der Waals surface area contributed by atoms with E-state index in [1.165, 1.54) is 0 Å². The number of carbonyl (C=O) groups is 1. The number of nitrogens with zero attached hydrogens (tertiary/aromatic N) is 4. The molecule has 6 heteroatoms. The fourth-order valence-corrected chi connectivity index (χ4v) is 4.60. The van der Waals surface area contributed by atoms with Crippen molar-refractivity contribution in [3.05, 3.63) is 24.2 Å². The zero-order chi connectivity index (χ0) is 16.2. The molecular weight excluding hydrogens is 292 g/mol. The van der Waals surface area contributed by atoms with E-state index in [0.717, 1.165) is 31.3 Å². The van der Waals surface area contributed by atoms with Crippen LogP contribution in [0.25, 0.3) is 11.2 Å². The van der Waals surface area contributed by atoms with E-state index < -0.39 is 0 Å². The molecule has 2 bridgehead atoms. The smallest absolute Gasteiger partial charge is 0.256 e. The first-order chi connectivity index (χ1) is 11.1. The summed E-state index contributed by atoms with van der Waals surface area (Å²) in [6.07, 6.45) is 7.21. The highest BCUT2D eigenvalue weighted by atomic mass is 16.3. The van der Waals surface area contributed by atoms with Crippen LogP contribution >= 0.6 is 0 Å². The predicted molar refractivity (Wildman–Crippen MR) is 85.9 cm³/mol. The number of carbonyl (C=O) groups excluding carboxylic acids is 1. The maximum Gasteiger partial charge on any atom is 0.256 e. The minimum Gasteiger partial charge on any atom is -0.396 e. The van der Waals surface area contributed by atoms with Gasteiger partial charge in [-0.25, -0.2) is 9.97 Å². The van der Waals surface area contributed by atoms with Crippen LogP contribution in [-0.4, -0.2) is 49.1 Å². The number of aromatic nitrogens is 3. The van der Waals surface area contributed by atoms with Crippen molar-refractivity contribution in [3.63, 3.8) is 0 Å². The number of aryl methyl sites for hydroxylation is 1. The molecule has 0 spiro atoms. The summed E-state index contributed by atoms with van der Waals surface area (Å²) in [5, 5.41) is 9.92. The average molecular weight is 314 g/mol. The van der Waals surface area contributed by atoms with Crippen molar-refractivity contribution in [3.8, 4) is 0 Å². The maximum absolute atomic E-state index is 13.2. The molecule has 2 aromatic rings. The van der Waals surface area contributed by atoms with Gasteiger partial charge in [0.15, 0.2) is 5.65 Å². The van der Waals surface area contributed by atoms with Crippen LogP contribution in [0, 0.1) is 5.41 Å². The van der Waals surface area contributed by atoms with Crippen molar-refractivity contribution in [1.82, 2.24) is 19.4 Å². The summed E-state index contributed by atoms with van der Waals surface area (Å²) in [5.41, 5.74) is 1.88. The zero-order valence-electron chi connectivity index (χ0n) is 13.6. The quantitative estimate of drug-likeness (QED) is 0.936. The number of hydrogen-bond donors (Lipinski definition) is 1. The van der Waals surface area contributed by atoms with E-state index in [2.05, 4.69) is 16.9 Å². The van der Waals surface area contributed by atoms with Gasteiger partial charge in [-0.1, -0.05) is 6.92 Å². The fourth-order valence-electron chi connectivity index (χ4n) is 4.60. The zero-order valence-corrected chi connectivity index (χ0v) is 13.6. The highest BCUT2D eigenvalue weighted by Gasteiger charge is 2.56. The lowest BCUT2D eigenvalue weighted by molar-refractivity contribution is 0.0558. The topological polar surface area (TPSA) is 71.2 Å². The van der Waals surface area contributed by atoms with Gasteiger partial charge in [0, 0.05) is 30.7 Å². The number of aliphatic hydroxyl groups is 1. The second-order valence-corrected chi connectivity index (χ2v) is 6.92. The lowest BCUT2D eigenvalue weighted by Crippen LogP contribution is -2.42. The Morgan fingerprint density at radius 1 is 1.43 bits per heavy atom. The molecule has 0 radical (unpaired) electrons. The molecule has 0 aromatic carbocycles. The van der Waals surface area contributed by atoms with Gasteiger partial charge in [-0.3, -0.25) is 4.79 Å². The van der Waals surface area contributed by atoms with Crippen LogP contribution in [-0.2, 0) is 7.05 Å². The maximum atomic E-state index is 13.2. The van der Waals surface area contributed by atoms with Crippen LogP contribution in [0.2, 0.25) is 0 Å². The first-order valence-corrected chi connectivity index (χ1v) is 8.31. The van der Waals surface area contributed by atoms with E-state index in [-0.39, 0.29) is 30.0 Å². The number of fused-ring (bicyclic) bond motifs is 3. The molecule has 6 nitrogen and oxygen atoms in total. The summed E-state index contributed by atoms with van der Waals surface area (Å²) in [6.45, 7) is 2.27. The van der Waals surface area contributed by atoms with Crippen molar-refractivity contribution in [2.75, 3.05) is 6.61 Å². The molecule has 0 saturated carbocycles. The molecule has 2 aliphatic heterocycles. The van der Waals surface area contributed by atoms with Crippen LogP contribution in [0.5, 0.6) is 0 Å². The van der Waals surface area contributed by atoms with Crippen LogP contribution < -0.4 is 0 Å². The molecule has 4 rings (SSSR count). The monoisotopic (exact) mass is 314 g/mol. The summed E-state index contributed by atoms with van der Waals surface area (Å²) in [7, 11) is 1.88. The molecule has 2 saturated heterocycles. The molecule has 4 heterocycles. The molecule has 2 aliphatic rings. The van der Waals surface area contributed by atoms with Crippen LogP contribution in [0.4, 0.5) is 0 Å². The number of aliphatic hydroxyl groups excluding tert-OH is 1. The molecule has 2 aromatic heterocycles. The molecular formula is C17H22N4O2. The number of rotatable bonds is 3. The van der Waals surface area contributed by atoms with E-state index in [4.69, 9.17) is 0 Å². The van der Waals surface area contributed by atoms with Gasteiger partial charge in [-0.05, 0) is 31.7 Å². The lowest BCUT2D eigenvalue weighted by atomic mass is 9.72. The van der Waals surface area contributed by atoms with Crippen LogP contribution in [0.3, 0.4) is 0 Å². The molecule has 122 valence electrons. The fraction of sp³-hybridized carbons (Fsp3) is 0.588. The minimum absolute atomic E-state index is 0.0346. The third kappa shape index (κ3) is 1.87. The van der Waals surface area contributed by atoms with E-state index >= 15 is 0 Å². The highest BCUT2D eigenvalue weighted by molar-refractivity contribution is 6.04. The molecule has 0 aliphatic carbocycles. The second-order valence-electron chi connectivity index (χ2n) is 6.92. The van der Waals surface area contributed by atoms with Gasteiger partial charge < -0.3 is 14.6 Å². The summed E-state index contributed by atoms with van der Waals surface area (Å²) in [4.78, 5) is 23.9. The van der Waals surface area contributed by atoms with Gasteiger partial charge in [-0.2, -0.15) is 0 Å². The Bertz CT molecular complexity index is 765. The van der Waals surface area contributed by atoms with Crippen molar-refractivity contribution < 1.29 is 9.90 Å². The number of hydrogen-bond acceptors (Lipinski definition) is 4. The Hall–Kier alpha value is -1.95. The van der Waals surface area contributed by atoms with E-state index in [1.54, 1.807) is 18.6 Å². The van der Waals surface area contributed by atoms with E-state index in [9.17, 15) is 9.90 Å². The van der Waals surface area contributed by atoms with E-state index in [1.807, 2.05) is 16.5 Å². The molecule has 3 atom stereocenters. The molecule has 2 fully saturated rings. The van der Waals surface area contributed by atoms with Gasteiger partial charge in [0.1, 0.15) is 5.52 Å². The number of amides is 1. The number of imidazole rings is 1. The van der Waals surface area contributed by atoms with Gasteiger partial charge in [0.25, 0.3) is 5.91 Å². The first kappa shape index (κ1) is 14.6. The largest absolute Gasteiger partial charge is 0.396 e. The normalized spacial score (nSPS) is 29.6. The molecule has 0 unspecified atom stereocenters. The Morgan fingerprint density at radius 3 is 2.96 bits per heavy atom. The van der Waals surface area contributed by atoms with Crippen molar-refractivity contribution in [2.24, 2.45) is 12.5 Å². The Balaban J connectivity index is 1.75. The Morgan fingerprint density at radius 2 is 2.26 bits per heavy atom. The number of pyridine rings is 1. The molecule has 23 heavy (non-hydrogen) atoms. The highest BCUT2D eigenvalue weighted by Crippen LogP contribution is 2.51. The molecule has 1 amide bonds. The standard InChI is InChI=1S/C17H22N4O2/c1-3-17(9-22)8-11-4-5-13(17)21(11)16(23)12-6-7-18-15-14(12)19-10-20(15)2/h6-7,10-11,13,22H,3-5,8-9H2,1-2H3/t11-,13+,17-/m1/s1. The van der Waals surface area contributed by atoms with Gasteiger partial charge in [0.05, 0.1) is 18.5 Å². The predicted octanol–water partition coefficient (Wildman–Crippen LogP) is 1.73. The van der Waals surface area contributed by atoms with Crippen molar-refractivity contribution in [2.45, 2.75) is 44.7 Å². The third-order valence-corrected chi connectivity index (χ3v) is 5.93. The van der Waals surface area contributed by atoms with Gasteiger partial charge >= 0.3 is 0 Å². The minimum atomic E-state index is -0.130. The summed E-state index contributed by atoms with van der Waals surface area (Å²) in [5.74, 6) is 0.0346. The third-order valence-electron chi connectivity index (χ3n) is 5.93. The van der Waals surface area contributed by atoms with Crippen LogP contribution in [0.1, 0.15) is 43.0 Å². The van der Waals surface area contributed by atoms with E-state index in [0.29, 0.717) is 11.1 Å². The SMILES string of the molecule is CC[C@]1(CO)C[C@H]2CC[C@@H]1N2C(=O)c1ccnc2c1ncn2C. The lowest BCUT2D eigenvalue weighted by Gasteiger charge is -2.34. The Kier molecular flexibility index (Phi) is 3.20. The summed E-state index contributed by atoms with van der Waals surface area (Å²) < 4.78 is 1.83. The second kappa shape index (κ2) is 5.03. The van der Waals surface area contributed by atoms with Crippen molar-refractivity contribution >= 4 is 17.1 Å². The van der Waals surface area contributed by atoms with Gasteiger partial charge in [-0.15, -0.1) is 0 Å². The average Bonchev–Trinajstić information content (AvgIpc) is 3.26. The molecule has 1 N–H and O–H groups in total. The first-order valence-electron chi connectivity index (χ1n) is 8.31. The van der Waals surface area contributed by atoms with Crippen LogP contribution in [0.15, 0.2) is 18.6 Å². The Labute approximate surface area is 135 Å². The van der Waals surface area contributed by atoms with Gasteiger partial charge in [0.2, 0.25) is 0 Å². The summed E-state index contributed by atoms with van der Waals surface area (Å²) in [6, 6.07) is 2.15. The van der Waals surface area contributed by atoms with Crippen molar-refractivity contribution in [1.29, 1.82) is 0 Å².